The number of hydrogen-bond donors (Lipinski definition) is 1. The number of rotatable bonds is 3. The smallest absolute Gasteiger partial charge is 0.328 e. The summed E-state index contributed by atoms with van der Waals surface area (Å²) in [5.74, 6) is -0.533. The Kier molecular flexibility index (Phi) is 4.15. The number of para-hydroxylation sites is 1. The van der Waals surface area contributed by atoms with Crippen LogP contribution in [0.2, 0.25) is 0 Å². The number of carbonyl (C=O) groups excluding carboxylic acids is 2. The van der Waals surface area contributed by atoms with E-state index in [0.717, 1.165) is 33.3 Å². The van der Waals surface area contributed by atoms with Crippen LogP contribution in [0.25, 0.3) is 10.9 Å². The molecule has 6 heteroatoms. The number of halogens is 1. The Hall–Kier alpha value is -3.93. The highest BCUT2D eigenvalue weighted by molar-refractivity contribution is 6.05. The van der Waals surface area contributed by atoms with E-state index in [2.05, 4.69) is 4.98 Å². The number of urea groups is 1. The zero-order valence-corrected chi connectivity index (χ0v) is 17.2. The SMILES string of the molecule is O=C1[C@@H]2Cc3c([nH]c4ccccc34)[C@@H](c3ccc(F)cc3)N2C(=O)N1Cc1ccccc1. The monoisotopic (exact) mass is 425 g/mol. The second kappa shape index (κ2) is 7.05. The van der Waals surface area contributed by atoms with Crippen LogP contribution in [0, 0.1) is 5.82 Å². The standard InChI is InChI=1S/C26H20FN3O2/c27-18-12-10-17(11-13-18)24-23-20(19-8-4-5-9-21(19)28-23)14-22-25(31)29(26(32)30(22)24)15-16-6-2-1-3-7-16/h1-13,22,24,28H,14-15H2/t22-,24+/m0/s1. The van der Waals surface area contributed by atoms with Gasteiger partial charge < -0.3 is 4.98 Å². The first-order chi connectivity index (χ1) is 15.6. The third kappa shape index (κ3) is 2.76. The highest BCUT2D eigenvalue weighted by Crippen LogP contribution is 2.44. The van der Waals surface area contributed by atoms with Crippen molar-refractivity contribution in [2.75, 3.05) is 0 Å². The maximum absolute atomic E-state index is 13.7. The molecule has 0 radical (unpaired) electrons. The van der Waals surface area contributed by atoms with Crippen LogP contribution in [0.3, 0.4) is 0 Å². The van der Waals surface area contributed by atoms with Crippen LogP contribution in [0.1, 0.15) is 28.4 Å². The summed E-state index contributed by atoms with van der Waals surface area (Å²) in [7, 11) is 0. The lowest BCUT2D eigenvalue weighted by Crippen LogP contribution is -2.44. The minimum Gasteiger partial charge on any atom is -0.356 e. The van der Waals surface area contributed by atoms with E-state index in [1.807, 2.05) is 54.6 Å². The van der Waals surface area contributed by atoms with E-state index in [9.17, 15) is 14.0 Å². The molecular weight excluding hydrogens is 405 g/mol. The van der Waals surface area contributed by atoms with Crippen molar-refractivity contribution in [3.05, 3.63) is 107 Å². The Bertz CT molecular complexity index is 1350. The molecule has 3 heterocycles. The van der Waals surface area contributed by atoms with Crippen LogP contribution >= 0.6 is 0 Å². The van der Waals surface area contributed by atoms with Crippen molar-refractivity contribution in [1.82, 2.24) is 14.8 Å². The average Bonchev–Trinajstić information content (AvgIpc) is 3.30. The molecule has 2 aliphatic heterocycles. The van der Waals surface area contributed by atoms with Gasteiger partial charge in [0.2, 0.25) is 0 Å². The number of carbonyl (C=O) groups is 2. The molecule has 158 valence electrons. The molecule has 2 aliphatic rings. The summed E-state index contributed by atoms with van der Waals surface area (Å²) in [5, 5.41) is 1.05. The fraction of sp³-hybridized carbons (Fsp3) is 0.154. The zero-order chi connectivity index (χ0) is 21.8. The number of nitrogens with one attached hydrogen (secondary N) is 1. The second-order valence-corrected chi connectivity index (χ2v) is 8.34. The summed E-state index contributed by atoms with van der Waals surface area (Å²) in [4.78, 5) is 33.5. The molecule has 1 aromatic heterocycles. The van der Waals surface area contributed by atoms with E-state index >= 15 is 0 Å². The van der Waals surface area contributed by atoms with E-state index in [-0.39, 0.29) is 24.3 Å². The van der Waals surface area contributed by atoms with Gasteiger partial charge in [0.15, 0.2) is 0 Å². The van der Waals surface area contributed by atoms with Crippen molar-refractivity contribution in [3.63, 3.8) is 0 Å². The zero-order valence-electron chi connectivity index (χ0n) is 17.2. The second-order valence-electron chi connectivity index (χ2n) is 8.34. The van der Waals surface area contributed by atoms with E-state index < -0.39 is 12.1 Å². The van der Waals surface area contributed by atoms with E-state index in [0.29, 0.717) is 6.42 Å². The van der Waals surface area contributed by atoms with Crippen molar-refractivity contribution < 1.29 is 14.0 Å². The van der Waals surface area contributed by atoms with E-state index in [1.165, 1.54) is 17.0 Å². The van der Waals surface area contributed by atoms with Gasteiger partial charge in [-0.2, -0.15) is 0 Å². The maximum Gasteiger partial charge on any atom is 0.328 e. The fourth-order valence-electron chi connectivity index (χ4n) is 5.03. The van der Waals surface area contributed by atoms with E-state index in [4.69, 9.17) is 0 Å². The van der Waals surface area contributed by atoms with Crippen molar-refractivity contribution in [2.45, 2.75) is 25.0 Å². The highest BCUT2D eigenvalue weighted by atomic mass is 19.1. The molecule has 1 N–H and O–H groups in total. The number of aromatic amines is 1. The highest BCUT2D eigenvalue weighted by Gasteiger charge is 2.52. The van der Waals surface area contributed by atoms with Crippen LogP contribution in [-0.4, -0.2) is 32.8 Å². The first-order valence-electron chi connectivity index (χ1n) is 10.6. The molecule has 0 aliphatic carbocycles. The Balaban J connectivity index is 1.49. The Morgan fingerprint density at radius 1 is 0.906 bits per heavy atom. The summed E-state index contributed by atoms with van der Waals surface area (Å²) in [6.07, 6.45) is 0.451. The Morgan fingerprint density at radius 3 is 2.41 bits per heavy atom. The van der Waals surface area contributed by atoms with Crippen LogP contribution in [0.4, 0.5) is 9.18 Å². The number of hydrogen-bond acceptors (Lipinski definition) is 2. The summed E-state index contributed by atoms with van der Waals surface area (Å²) < 4.78 is 13.7. The lowest BCUT2D eigenvalue weighted by atomic mass is 9.89. The summed E-state index contributed by atoms with van der Waals surface area (Å²) in [6, 6.07) is 22.2. The lowest BCUT2D eigenvalue weighted by molar-refractivity contribution is -0.129. The topological polar surface area (TPSA) is 56.4 Å². The average molecular weight is 425 g/mol. The van der Waals surface area contributed by atoms with Crippen LogP contribution in [0.15, 0.2) is 78.9 Å². The minimum atomic E-state index is -0.590. The van der Waals surface area contributed by atoms with Gasteiger partial charge in [-0.05, 0) is 34.9 Å². The van der Waals surface area contributed by atoms with Crippen LogP contribution < -0.4 is 0 Å². The predicted octanol–water partition coefficient (Wildman–Crippen LogP) is 4.79. The van der Waals surface area contributed by atoms with Gasteiger partial charge in [0.05, 0.1) is 6.54 Å². The molecule has 2 atom stereocenters. The number of fused-ring (bicyclic) bond motifs is 4. The lowest BCUT2D eigenvalue weighted by Gasteiger charge is -2.36. The number of H-pyrrole nitrogens is 1. The third-order valence-electron chi connectivity index (χ3n) is 6.50. The summed E-state index contributed by atoms with van der Waals surface area (Å²) >= 11 is 0. The van der Waals surface area contributed by atoms with Gasteiger partial charge in [0, 0.05) is 23.0 Å². The Morgan fingerprint density at radius 2 is 1.62 bits per heavy atom. The molecule has 5 nitrogen and oxygen atoms in total. The van der Waals surface area contributed by atoms with Crippen LogP contribution in [-0.2, 0) is 17.8 Å². The first-order valence-corrected chi connectivity index (χ1v) is 10.6. The van der Waals surface area contributed by atoms with Gasteiger partial charge in [-0.3, -0.25) is 14.6 Å². The molecule has 0 unspecified atom stereocenters. The molecule has 32 heavy (non-hydrogen) atoms. The van der Waals surface area contributed by atoms with E-state index in [1.54, 1.807) is 17.0 Å². The third-order valence-corrected chi connectivity index (χ3v) is 6.50. The predicted molar refractivity (Wildman–Crippen MR) is 118 cm³/mol. The number of nitrogens with zero attached hydrogens (tertiary/aromatic N) is 2. The fourth-order valence-corrected chi connectivity index (χ4v) is 5.03. The molecule has 3 amide bonds. The number of aromatic nitrogens is 1. The summed E-state index contributed by atoms with van der Waals surface area (Å²) in [5.41, 5.74) is 4.56. The quantitative estimate of drug-likeness (QED) is 0.480. The van der Waals surface area contributed by atoms with Gasteiger partial charge >= 0.3 is 6.03 Å². The van der Waals surface area contributed by atoms with Crippen molar-refractivity contribution >= 4 is 22.8 Å². The van der Waals surface area contributed by atoms with Crippen molar-refractivity contribution in [1.29, 1.82) is 0 Å². The molecule has 4 aromatic rings. The number of amides is 3. The molecule has 0 saturated carbocycles. The number of imide groups is 1. The number of benzene rings is 3. The largest absolute Gasteiger partial charge is 0.356 e. The van der Waals surface area contributed by atoms with Gasteiger partial charge in [0.1, 0.15) is 17.9 Å². The summed E-state index contributed by atoms with van der Waals surface area (Å²) in [6.45, 7) is 0.232. The Labute approximate surface area is 184 Å². The molecular formula is C26H20FN3O2. The van der Waals surface area contributed by atoms with Crippen LogP contribution in [0.5, 0.6) is 0 Å². The molecule has 0 bridgehead atoms. The molecule has 6 rings (SSSR count). The molecule has 0 spiro atoms. The molecule has 3 aromatic carbocycles. The van der Waals surface area contributed by atoms with Gasteiger partial charge in [-0.1, -0.05) is 60.7 Å². The van der Waals surface area contributed by atoms with Gasteiger partial charge in [-0.15, -0.1) is 0 Å². The molecule has 1 saturated heterocycles. The first kappa shape index (κ1) is 18.8. The van der Waals surface area contributed by atoms with Gasteiger partial charge in [0.25, 0.3) is 5.91 Å². The minimum absolute atomic E-state index is 0.193. The normalized spacial score (nSPS) is 20.0. The van der Waals surface area contributed by atoms with Gasteiger partial charge in [-0.25, -0.2) is 9.18 Å². The van der Waals surface area contributed by atoms with Crippen molar-refractivity contribution in [3.8, 4) is 0 Å². The van der Waals surface area contributed by atoms with Crippen molar-refractivity contribution in [2.24, 2.45) is 0 Å². The maximum atomic E-state index is 13.7. The molecule has 1 fully saturated rings.